The highest BCUT2D eigenvalue weighted by Gasteiger charge is 2.18. The topological polar surface area (TPSA) is 25.2 Å². The molecule has 2 aromatic rings. The van der Waals surface area contributed by atoms with E-state index in [1.165, 1.54) is 10.9 Å². The van der Waals surface area contributed by atoms with E-state index in [0.29, 0.717) is 0 Å². The Morgan fingerprint density at radius 3 is 2.59 bits per heavy atom. The molecule has 0 saturated heterocycles. The summed E-state index contributed by atoms with van der Waals surface area (Å²) in [7, 11) is 0. The molecule has 17 heavy (non-hydrogen) atoms. The number of para-hydroxylation sites is 1. The number of furan rings is 1. The van der Waals surface area contributed by atoms with Crippen LogP contribution in [0.2, 0.25) is 0 Å². The zero-order valence-corrected chi connectivity index (χ0v) is 10.9. The van der Waals surface area contributed by atoms with Gasteiger partial charge in [-0.2, -0.15) is 0 Å². The fourth-order valence-corrected chi connectivity index (χ4v) is 1.98. The molecular weight excluding hydrogens is 210 g/mol. The van der Waals surface area contributed by atoms with Crippen molar-refractivity contribution in [3.8, 4) is 0 Å². The van der Waals surface area contributed by atoms with Crippen LogP contribution in [0.25, 0.3) is 11.0 Å². The summed E-state index contributed by atoms with van der Waals surface area (Å²) in [6.07, 6.45) is 4.14. The first-order valence-electron chi connectivity index (χ1n) is 6.38. The standard InChI is InChI=1S/C15H21NO/c1-4-15(3,5-2)16-10-12-11-17-14-9-7-6-8-13(12)14/h6-9,11,16H,4-5,10H2,1-3H3. The number of fused-ring (bicyclic) bond motifs is 1. The molecule has 2 rings (SSSR count). The van der Waals surface area contributed by atoms with E-state index in [1.54, 1.807) is 0 Å². The van der Waals surface area contributed by atoms with E-state index >= 15 is 0 Å². The molecular formula is C15H21NO. The number of hydrogen-bond donors (Lipinski definition) is 1. The van der Waals surface area contributed by atoms with E-state index in [1.807, 2.05) is 18.4 Å². The molecule has 0 radical (unpaired) electrons. The quantitative estimate of drug-likeness (QED) is 0.838. The second kappa shape index (κ2) is 4.92. The number of rotatable bonds is 5. The lowest BCUT2D eigenvalue weighted by atomic mass is 9.95. The predicted octanol–water partition coefficient (Wildman–Crippen LogP) is 4.10. The second-order valence-electron chi connectivity index (χ2n) is 4.88. The van der Waals surface area contributed by atoms with Crippen LogP contribution in [0.5, 0.6) is 0 Å². The number of nitrogens with one attached hydrogen (secondary N) is 1. The molecule has 1 aromatic heterocycles. The third kappa shape index (κ3) is 2.52. The van der Waals surface area contributed by atoms with Gasteiger partial charge in [0.15, 0.2) is 0 Å². The third-order valence-electron chi connectivity index (χ3n) is 3.83. The summed E-state index contributed by atoms with van der Waals surface area (Å²) in [6.45, 7) is 7.60. The highest BCUT2D eigenvalue weighted by molar-refractivity contribution is 5.80. The zero-order chi connectivity index (χ0) is 12.3. The van der Waals surface area contributed by atoms with Crippen molar-refractivity contribution < 1.29 is 4.42 Å². The summed E-state index contributed by atoms with van der Waals surface area (Å²) >= 11 is 0. The summed E-state index contributed by atoms with van der Waals surface area (Å²) in [6, 6.07) is 8.19. The SMILES string of the molecule is CCC(C)(CC)NCc1coc2ccccc12. The van der Waals surface area contributed by atoms with Gasteiger partial charge in [-0.3, -0.25) is 0 Å². The maximum Gasteiger partial charge on any atom is 0.134 e. The summed E-state index contributed by atoms with van der Waals surface area (Å²) in [5, 5.41) is 4.85. The van der Waals surface area contributed by atoms with Crippen LogP contribution in [0.4, 0.5) is 0 Å². The first-order chi connectivity index (χ1) is 8.18. The van der Waals surface area contributed by atoms with Crippen molar-refractivity contribution in [2.75, 3.05) is 0 Å². The molecule has 1 aromatic carbocycles. The van der Waals surface area contributed by atoms with Crippen LogP contribution in [0.1, 0.15) is 39.2 Å². The monoisotopic (exact) mass is 231 g/mol. The normalized spacial score (nSPS) is 12.2. The van der Waals surface area contributed by atoms with Crippen molar-refractivity contribution in [1.82, 2.24) is 5.32 Å². The van der Waals surface area contributed by atoms with E-state index in [2.05, 4.69) is 38.2 Å². The molecule has 2 heteroatoms. The number of hydrogen-bond acceptors (Lipinski definition) is 2. The van der Waals surface area contributed by atoms with Crippen LogP contribution in [-0.2, 0) is 6.54 Å². The Morgan fingerprint density at radius 1 is 1.18 bits per heavy atom. The van der Waals surface area contributed by atoms with Gasteiger partial charge in [0.05, 0.1) is 6.26 Å². The molecule has 2 nitrogen and oxygen atoms in total. The molecule has 0 unspecified atom stereocenters. The molecule has 0 saturated carbocycles. The Bertz CT molecular complexity index is 482. The van der Waals surface area contributed by atoms with Gasteiger partial charge in [-0.15, -0.1) is 0 Å². The Balaban J connectivity index is 2.14. The van der Waals surface area contributed by atoms with Crippen LogP contribution in [0.3, 0.4) is 0 Å². The lowest BCUT2D eigenvalue weighted by Gasteiger charge is -2.28. The Labute approximate surface area is 103 Å². The predicted molar refractivity (Wildman–Crippen MR) is 72.0 cm³/mol. The van der Waals surface area contributed by atoms with Gasteiger partial charge in [0, 0.05) is 23.0 Å². The maximum absolute atomic E-state index is 5.54. The average Bonchev–Trinajstić information content (AvgIpc) is 2.79. The summed E-state index contributed by atoms with van der Waals surface area (Å²) in [5.41, 5.74) is 2.44. The van der Waals surface area contributed by atoms with Crippen molar-refractivity contribution in [3.63, 3.8) is 0 Å². The van der Waals surface area contributed by atoms with Crippen LogP contribution in [-0.4, -0.2) is 5.54 Å². The van der Waals surface area contributed by atoms with Crippen LogP contribution in [0.15, 0.2) is 34.9 Å². The van der Waals surface area contributed by atoms with Gasteiger partial charge < -0.3 is 9.73 Å². The van der Waals surface area contributed by atoms with Crippen molar-refractivity contribution >= 4 is 11.0 Å². The zero-order valence-electron chi connectivity index (χ0n) is 10.9. The lowest BCUT2D eigenvalue weighted by Crippen LogP contribution is -2.40. The molecule has 0 aliphatic carbocycles. The Hall–Kier alpha value is -1.28. The maximum atomic E-state index is 5.54. The smallest absolute Gasteiger partial charge is 0.134 e. The van der Waals surface area contributed by atoms with Gasteiger partial charge in [-0.05, 0) is 25.8 Å². The summed E-state index contributed by atoms with van der Waals surface area (Å²) in [5.74, 6) is 0. The molecule has 0 aliphatic rings. The first kappa shape index (κ1) is 12.2. The molecule has 1 heterocycles. The van der Waals surface area contributed by atoms with E-state index in [0.717, 1.165) is 25.0 Å². The van der Waals surface area contributed by atoms with Crippen molar-refractivity contribution in [3.05, 3.63) is 36.1 Å². The minimum Gasteiger partial charge on any atom is -0.464 e. The van der Waals surface area contributed by atoms with Crippen LogP contribution >= 0.6 is 0 Å². The van der Waals surface area contributed by atoms with Crippen LogP contribution < -0.4 is 5.32 Å². The van der Waals surface area contributed by atoms with Crippen LogP contribution in [0, 0.1) is 0 Å². The first-order valence-corrected chi connectivity index (χ1v) is 6.38. The van der Waals surface area contributed by atoms with Crippen molar-refractivity contribution in [1.29, 1.82) is 0 Å². The fourth-order valence-electron chi connectivity index (χ4n) is 1.98. The summed E-state index contributed by atoms with van der Waals surface area (Å²) < 4.78 is 5.54. The highest BCUT2D eigenvalue weighted by Crippen LogP contribution is 2.22. The van der Waals surface area contributed by atoms with E-state index in [4.69, 9.17) is 4.42 Å². The van der Waals surface area contributed by atoms with Gasteiger partial charge >= 0.3 is 0 Å². The van der Waals surface area contributed by atoms with Crippen molar-refractivity contribution in [2.24, 2.45) is 0 Å². The highest BCUT2D eigenvalue weighted by atomic mass is 16.3. The fraction of sp³-hybridized carbons (Fsp3) is 0.467. The van der Waals surface area contributed by atoms with Gasteiger partial charge in [-0.25, -0.2) is 0 Å². The molecule has 0 aliphatic heterocycles. The molecule has 0 atom stereocenters. The van der Waals surface area contributed by atoms with E-state index in [9.17, 15) is 0 Å². The third-order valence-corrected chi connectivity index (χ3v) is 3.83. The largest absolute Gasteiger partial charge is 0.464 e. The van der Waals surface area contributed by atoms with Gasteiger partial charge in [-0.1, -0.05) is 32.0 Å². The number of benzene rings is 1. The molecule has 0 amide bonds. The van der Waals surface area contributed by atoms with E-state index < -0.39 is 0 Å². The van der Waals surface area contributed by atoms with Crippen molar-refractivity contribution in [2.45, 2.75) is 45.7 Å². The van der Waals surface area contributed by atoms with Gasteiger partial charge in [0.2, 0.25) is 0 Å². The lowest BCUT2D eigenvalue weighted by molar-refractivity contribution is 0.329. The average molecular weight is 231 g/mol. The molecule has 1 N–H and O–H groups in total. The molecule has 0 fully saturated rings. The Morgan fingerprint density at radius 2 is 1.88 bits per heavy atom. The second-order valence-corrected chi connectivity index (χ2v) is 4.88. The van der Waals surface area contributed by atoms with Gasteiger partial charge in [0.25, 0.3) is 0 Å². The summed E-state index contributed by atoms with van der Waals surface area (Å²) in [4.78, 5) is 0. The molecule has 0 spiro atoms. The van der Waals surface area contributed by atoms with Gasteiger partial charge in [0.1, 0.15) is 5.58 Å². The minimum atomic E-state index is 0.221. The Kier molecular flexibility index (Phi) is 3.53. The molecule has 92 valence electrons. The minimum absolute atomic E-state index is 0.221. The molecule has 0 bridgehead atoms. The van der Waals surface area contributed by atoms with E-state index in [-0.39, 0.29) is 5.54 Å².